The van der Waals surface area contributed by atoms with Gasteiger partial charge >= 0.3 is 12.0 Å². The van der Waals surface area contributed by atoms with Crippen LogP contribution < -0.4 is 5.32 Å². The molecule has 0 radical (unpaired) electrons. The fourth-order valence-electron chi connectivity index (χ4n) is 1.33. The van der Waals surface area contributed by atoms with Gasteiger partial charge in [-0.05, 0) is 20.3 Å². The van der Waals surface area contributed by atoms with Crippen molar-refractivity contribution in [3.8, 4) is 0 Å². The summed E-state index contributed by atoms with van der Waals surface area (Å²) < 4.78 is 5.32. The Balaban J connectivity index is 4.08. The summed E-state index contributed by atoms with van der Waals surface area (Å²) in [6.07, 6.45) is 1.25. The third-order valence-corrected chi connectivity index (χ3v) is 2.40. The van der Waals surface area contributed by atoms with Gasteiger partial charge in [-0.3, -0.25) is 0 Å². The Bertz CT molecular complexity index is 269. The minimum absolute atomic E-state index is 0.119. The second kappa shape index (κ2) is 8.74. The number of carbonyl (C=O) groups excluding carboxylic acids is 1. The molecule has 0 bridgehead atoms. The third-order valence-electron chi connectivity index (χ3n) is 2.40. The zero-order valence-electron chi connectivity index (χ0n) is 11.6. The van der Waals surface area contributed by atoms with E-state index in [1.54, 1.807) is 7.05 Å². The molecule has 0 aromatic rings. The van der Waals surface area contributed by atoms with Crippen molar-refractivity contribution in [2.24, 2.45) is 0 Å². The van der Waals surface area contributed by atoms with Crippen LogP contribution >= 0.6 is 0 Å². The summed E-state index contributed by atoms with van der Waals surface area (Å²) in [6, 6.07) is -1.21. The molecule has 0 aliphatic carbocycles. The highest BCUT2D eigenvalue weighted by atomic mass is 16.5. The number of aliphatic carboxylic acids is 1. The van der Waals surface area contributed by atoms with Gasteiger partial charge in [0.05, 0.1) is 12.7 Å². The highest BCUT2D eigenvalue weighted by Gasteiger charge is 2.20. The first-order chi connectivity index (χ1) is 8.38. The summed E-state index contributed by atoms with van der Waals surface area (Å²) in [5.41, 5.74) is 0. The molecule has 1 unspecified atom stereocenters. The molecule has 0 aromatic carbocycles. The number of likely N-dealkylation sites (N-methyl/N-ethyl adjacent to an activating group) is 1. The van der Waals surface area contributed by atoms with Crippen molar-refractivity contribution in [1.29, 1.82) is 0 Å². The van der Waals surface area contributed by atoms with Crippen LogP contribution in [0.5, 0.6) is 0 Å². The number of carboxylic acid groups (broad SMARTS) is 1. The van der Waals surface area contributed by atoms with E-state index in [1.807, 2.05) is 20.8 Å². The summed E-state index contributed by atoms with van der Waals surface area (Å²) in [6.45, 7) is 6.58. The average Bonchev–Trinajstić information content (AvgIpc) is 2.27. The average molecular weight is 260 g/mol. The molecule has 0 aliphatic rings. The van der Waals surface area contributed by atoms with E-state index in [0.717, 1.165) is 0 Å². The zero-order chi connectivity index (χ0) is 14.1. The molecule has 0 fully saturated rings. The highest BCUT2D eigenvalue weighted by molar-refractivity contribution is 5.82. The lowest BCUT2D eigenvalue weighted by atomic mass is 10.2. The molecule has 6 nitrogen and oxygen atoms in total. The van der Waals surface area contributed by atoms with Crippen LogP contribution in [0.25, 0.3) is 0 Å². The van der Waals surface area contributed by atoms with Gasteiger partial charge in [0.2, 0.25) is 0 Å². The van der Waals surface area contributed by atoms with Gasteiger partial charge in [-0.2, -0.15) is 0 Å². The van der Waals surface area contributed by atoms with Gasteiger partial charge in [0.15, 0.2) is 0 Å². The predicted molar refractivity (Wildman–Crippen MR) is 68.6 cm³/mol. The molecule has 0 heterocycles. The maximum Gasteiger partial charge on any atom is 0.326 e. The minimum atomic E-state index is -1.00. The number of rotatable bonds is 8. The number of carboxylic acids is 1. The molecule has 0 aromatic heterocycles. The van der Waals surface area contributed by atoms with Crippen LogP contribution in [0.2, 0.25) is 0 Å². The van der Waals surface area contributed by atoms with Crippen LogP contribution in [0.4, 0.5) is 4.79 Å². The van der Waals surface area contributed by atoms with Gasteiger partial charge in [-0.1, -0.05) is 13.3 Å². The van der Waals surface area contributed by atoms with Crippen LogP contribution in [0, 0.1) is 0 Å². The second-order valence-electron chi connectivity index (χ2n) is 4.47. The van der Waals surface area contributed by atoms with E-state index in [9.17, 15) is 9.59 Å². The minimum Gasteiger partial charge on any atom is -0.480 e. The molecule has 1 atom stereocenters. The molecule has 18 heavy (non-hydrogen) atoms. The molecule has 0 saturated carbocycles. The number of nitrogens with zero attached hydrogens (tertiary/aromatic N) is 1. The molecule has 0 aliphatic heterocycles. The number of hydrogen-bond acceptors (Lipinski definition) is 3. The van der Waals surface area contributed by atoms with E-state index < -0.39 is 12.0 Å². The molecule has 0 saturated heterocycles. The molecule has 6 heteroatoms. The largest absolute Gasteiger partial charge is 0.480 e. The second-order valence-corrected chi connectivity index (χ2v) is 4.47. The molecule has 2 N–H and O–H groups in total. The van der Waals surface area contributed by atoms with Crippen LogP contribution in [0.1, 0.15) is 33.6 Å². The fourth-order valence-corrected chi connectivity index (χ4v) is 1.33. The van der Waals surface area contributed by atoms with Crippen molar-refractivity contribution in [3.05, 3.63) is 0 Å². The molecule has 106 valence electrons. The molecular formula is C12H24N2O4. The van der Waals surface area contributed by atoms with Crippen molar-refractivity contribution in [1.82, 2.24) is 10.2 Å². The lowest BCUT2D eigenvalue weighted by Gasteiger charge is -2.21. The van der Waals surface area contributed by atoms with Crippen LogP contribution in [-0.2, 0) is 9.53 Å². The summed E-state index contributed by atoms with van der Waals surface area (Å²) in [4.78, 5) is 24.0. The topological polar surface area (TPSA) is 78.9 Å². The number of carbonyl (C=O) groups is 2. The summed E-state index contributed by atoms with van der Waals surface area (Å²) >= 11 is 0. The lowest BCUT2D eigenvalue weighted by Crippen LogP contribution is -2.47. The van der Waals surface area contributed by atoms with Crippen LogP contribution in [0.15, 0.2) is 0 Å². The van der Waals surface area contributed by atoms with Gasteiger partial charge < -0.3 is 20.1 Å². The number of hydrogen-bond donors (Lipinski definition) is 2. The summed E-state index contributed by atoms with van der Waals surface area (Å²) in [5.74, 6) is -1.00. The van der Waals surface area contributed by atoms with Crippen LogP contribution in [-0.4, -0.2) is 54.4 Å². The first-order valence-corrected chi connectivity index (χ1v) is 6.24. The first-order valence-electron chi connectivity index (χ1n) is 6.24. The highest BCUT2D eigenvalue weighted by Crippen LogP contribution is 1.98. The van der Waals surface area contributed by atoms with E-state index in [0.29, 0.717) is 26.0 Å². The molecule has 2 amide bonds. The SMILES string of the molecule is CCCC(NC(=O)N(C)CCOC(C)C)C(=O)O. The number of nitrogens with one attached hydrogen (secondary N) is 1. The predicted octanol–water partition coefficient (Wildman–Crippen LogP) is 1.31. The Hall–Kier alpha value is -1.30. The Morgan fingerprint density at radius 2 is 2.00 bits per heavy atom. The quantitative estimate of drug-likeness (QED) is 0.689. The number of amides is 2. The van der Waals surface area contributed by atoms with Crippen molar-refractivity contribution in [2.45, 2.75) is 45.8 Å². The van der Waals surface area contributed by atoms with Crippen molar-refractivity contribution >= 4 is 12.0 Å². The number of ether oxygens (including phenoxy) is 1. The molecular weight excluding hydrogens is 236 g/mol. The van der Waals surface area contributed by atoms with E-state index >= 15 is 0 Å². The maximum atomic E-state index is 11.7. The fraction of sp³-hybridized carbons (Fsp3) is 0.833. The standard InChI is InChI=1S/C12H24N2O4/c1-5-6-10(11(15)16)13-12(17)14(4)7-8-18-9(2)3/h9-10H,5-8H2,1-4H3,(H,13,17)(H,15,16). The third kappa shape index (κ3) is 7.11. The molecule has 0 rings (SSSR count). The first kappa shape index (κ1) is 16.7. The summed E-state index contributed by atoms with van der Waals surface area (Å²) in [7, 11) is 1.61. The lowest BCUT2D eigenvalue weighted by molar-refractivity contribution is -0.139. The van der Waals surface area contributed by atoms with Gasteiger partial charge in [-0.15, -0.1) is 0 Å². The van der Waals surface area contributed by atoms with Crippen molar-refractivity contribution in [3.63, 3.8) is 0 Å². The molecule has 0 spiro atoms. The summed E-state index contributed by atoms with van der Waals surface area (Å²) in [5, 5.41) is 11.4. The Morgan fingerprint density at radius 3 is 2.44 bits per heavy atom. The Kier molecular flexibility index (Phi) is 8.11. The number of urea groups is 1. The van der Waals surface area contributed by atoms with E-state index in [4.69, 9.17) is 9.84 Å². The van der Waals surface area contributed by atoms with E-state index in [1.165, 1.54) is 4.90 Å². The van der Waals surface area contributed by atoms with Gasteiger partial charge in [0, 0.05) is 13.6 Å². The monoisotopic (exact) mass is 260 g/mol. The van der Waals surface area contributed by atoms with Crippen molar-refractivity contribution in [2.75, 3.05) is 20.2 Å². The van der Waals surface area contributed by atoms with Gasteiger partial charge in [0.25, 0.3) is 0 Å². The van der Waals surface area contributed by atoms with Gasteiger partial charge in [0.1, 0.15) is 6.04 Å². The zero-order valence-corrected chi connectivity index (χ0v) is 11.6. The van der Waals surface area contributed by atoms with Crippen molar-refractivity contribution < 1.29 is 19.4 Å². The van der Waals surface area contributed by atoms with E-state index in [-0.39, 0.29) is 12.1 Å². The Morgan fingerprint density at radius 1 is 1.39 bits per heavy atom. The van der Waals surface area contributed by atoms with Gasteiger partial charge in [-0.25, -0.2) is 9.59 Å². The maximum absolute atomic E-state index is 11.7. The van der Waals surface area contributed by atoms with Crippen LogP contribution in [0.3, 0.4) is 0 Å². The smallest absolute Gasteiger partial charge is 0.326 e. The van der Waals surface area contributed by atoms with E-state index in [2.05, 4.69) is 5.32 Å². The normalized spacial score (nSPS) is 12.3. The Labute approximate surface area is 108 Å².